The molecule has 0 bridgehead atoms. The van der Waals surface area contributed by atoms with Crippen LogP contribution < -0.4 is 10.2 Å². The van der Waals surface area contributed by atoms with Crippen LogP contribution in [0, 0.1) is 6.92 Å². The van der Waals surface area contributed by atoms with E-state index in [0.717, 1.165) is 42.6 Å². The van der Waals surface area contributed by atoms with Crippen molar-refractivity contribution in [3.8, 4) is 0 Å². The van der Waals surface area contributed by atoms with E-state index in [-0.39, 0.29) is 0 Å². The first kappa shape index (κ1) is 16.1. The van der Waals surface area contributed by atoms with Crippen LogP contribution in [0.2, 0.25) is 0 Å². The van der Waals surface area contributed by atoms with Gasteiger partial charge in [0, 0.05) is 37.1 Å². The standard InChI is InChI=1S/C14H26N4S/c1-6-8-15-14-16-11(3)9-13(17-14)18(4)12(7-2)10-19-5/h9,12H,6-8,10H2,1-5H3,(H,15,16,17). The Kier molecular flexibility index (Phi) is 6.99. The SMILES string of the molecule is CCCNc1nc(C)cc(N(C)C(CC)CSC)n1. The normalized spacial score (nSPS) is 12.3. The van der Waals surface area contributed by atoms with Gasteiger partial charge in [0.1, 0.15) is 5.82 Å². The molecule has 5 heteroatoms. The molecule has 1 aromatic heterocycles. The summed E-state index contributed by atoms with van der Waals surface area (Å²) < 4.78 is 0. The van der Waals surface area contributed by atoms with Gasteiger partial charge >= 0.3 is 0 Å². The molecule has 1 N–H and O–H groups in total. The van der Waals surface area contributed by atoms with Gasteiger partial charge in [-0.1, -0.05) is 13.8 Å². The van der Waals surface area contributed by atoms with E-state index in [1.54, 1.807) is 0 Å². The molecular formula is C14H26N4S. The van der Waals surface area contributed by atoms with Gasteiger partial charge in [0.15, 0.2) is 0 Å². The molecule has 0 saturated heterocycles. The minimum atomic E-state index is 0.517. The van der Waals surface area contributed by atoms with Crippen LogP contribution in [0.5, 0.6) is 0 Å². The number of nitrogens with one attached hydrogen (secondary N) is 1. The lowest BCUT2D eigenvalue weighted by molar-refractivity contribution is 0.665. The summed E-state index contributed by atoms with van der Waals surface area (Å²) in [6, 6.07) is 2.57. The summed E-state index contributed by atoms with van der Waals surface area (Å²) in [7, 11) is 2.12. The molecule has 108 valence electrons. The van der Waals surface area contributed by atoms with Crippen LogP contribution in [0.25, 0.3) is 0 Å². The maximum absolute atomic E-state index is 4.62. The van der Waals surface area contributed by atoms with E-state index in [2.05, 4.69) is 53.4 Å². The summed E-state index contributed by atoms with van der Waals surface area (Å²) in [6.45, 7) is 7.30. The van der Waals surface area contributed by atoms with Crippen molar-refractivity contribution in [2.45, 2.75) is 39.7 Å². The molecule has 1 atom stereocenters. The van der Waals surface area contributed by atoms with Gasteiger partial charge in [-0.25, -0.2) is 4.98 Å². The average Bonchev–Trinajstić information content (AvgIpc) is 2.41. The molecule has 19 heavy (non-hydrogen) atoms. The Bertz CT molecular complexity index is 384. The van der Waals surface area contributed by atoms with E-state index < -0.39 is 0 Å². The fraction of sp³-hybridized carbons (Fsp3) is 0.714. The third-order valence-electron chi connectivity index (χ3n) is 3.11. The third-order valence-corrected chi connectivity index (χ3v) is 3.83. The van der Waals surface area contributed by atoms with Gasteiger partial charge in [-0.15, -0.1) is 0 Å². The monoisotopic (exact) mass is 282 g/mol. The molecule has 1 unspecified atom stereocenters. The van der Waals surface area contributed by atoms with E-state index in [4.69, 9.17) is 0 Å². The van der Waals surface area contributed by atoms with Crippen LogP contribution in [0.1, 0.15) is 32.4 Å². The largest absolute Gasteiger partial charge is 0.356 e. The highest BCUT2D eigenvalue weighted by molar-refractivity contribution is 7.98. The molecule has 0 saturated carbocycles. The summed E-state index contributed by atoms with van der Waals surface area (Å²) in [5.41, 5.74) is 1.01. The Morgan fingerprint density at radius 3 is 2.68 bits per heavy atom. The van der Waals surface area contributed by atoms with Crippen LogP contribution in [-0.4, -0.2) is 41.6 Å². The second-order valence-electron chi connectivity index (χ2n) is 4.75. The zero-order chi connectivity index (χ0) is 14.3. The number of aromatic nitrogens is 2. The molecule has 1 aromatic rings. The molecule has 1 rings (SSSR count). The number of hydrogen-bond donors (Lipinski definition) is 1. The molecule has 1 heterocycles. The second-order valence-corrected chi connectivity index (χ2v) is 5.66. The lowest BCUT2D eigenvalue weighted by Crippen LogP contribution is -2.34. The van der Waals surface area contributed by atoms with E-state index in [9.17, 15) is 0 Å². The van der Waals surface area contributed by atoms with E-state index in [1.165, 1.54) is 0 Å². The topological polar surface area (TPSA) is 41.1 Å². The summed E-state index contributed by atoms with van der Waals surface area (Å²) in [5, 5.41) is 3.27. The van der Waals surface area contributed by atoms with Crippen molar-refractivity contribution in [3.05, 3.63) is 11.8 Å². The first-order valence-electron chi connectivity index (χ1n) is 6.93. The van der Waals surface area contributed by atoms with Crippen LogP contribution in [0.15, 0.2) is 6.07 Å². The fourth-order valence-corrected chi connectivity index (χ4v) is 2.78. The van der Waals surface area contributed by atoms with Crippen LogP contribution in [-0.2, 0) is 0 Å². The average molecular weight is 282 g/mol. The molecule has 0 aliphatic carbocycles. The molecule has 0 aromatic carbocycles. The lowest BCUT2D eigenvalue weighted by atomic mass is 10.2. The zero-order valence-corrected chi connectivity index (χ0v) is 13.5. The Morgan fingerprint density at radius 1 is 1.37 bits per heavy atom. The van der Waals surface area contributed by atoms with Crippen molar-refractivity contribution in [1.82, 2.24) is 9.97 Å². The maximum atomic E-state index is 4.62. The molecule has 0 radical (unpaired) electrons. The number of nitrogens with zero attached hydrogens (tertiary/aromatic N) is 3. The maximum Gasteiger partial charge on any atom is 0.224 e. The van der Waals surface area contributed by atoms with Gasteiger partial charge < -0.3 is 10.2 Å². The van der Waals surface area contributed by atoms with Gasteiger partial charge in [-0.2, -0.15) is 16.7 Å². The van der Waals surface area contributed by atoms with Crippen molar-refractivity contribution in [2.75, 3.05) is 35.8 Å². The molecule has 0 amide bonds. The summed E-state index contributed by atoms with van der Waals surface area (Å²) in [5.74, 6) is 2.86. The summed E-state index contributed by atoms with van der Waals surface area (Å²) >= 11 is 1.88. The number of hydrogen-bond acceptors (Lipinski definition) is 5. The van der Waals surface area contributed by atoms with Crippen LogP contribution in [0.3, 0.4) is 0 Å². The summed E-state index contributed by atoms with van der Waals surface area (Å²) in [6.07, 6.45) is 4.35. The smallest absolute Gasteiger partial charge is 0.224 e. The van der Waals surface area contributed by atoms with Crippen molar-refractivity contribution >= 4 is 23.5 Å². The molecule has 0 aliphatic heterocycles. The Balaban J connectivity index is 2.88. The first-order chi connectivity index (χ1) is 9.12. The van der Waals surface area contributed by atoms with Gasteiger partial charge in [-0.05, 0) is 26.0 Å². The number of aryl methyl sites for hydroxylation is 1. The Morgan fingerprint density at radius 2 is 2.11 bits per heavy atom. The third kappa shape index (κ3) is 4.90. The predicted molar refractivity (Wildman–Crippen MR) is 86.4 cm³/mol. The highest BCUT2D eigenvalue weighted by Gasteiger charge is 2.15. The predicted octanol–water partition coefficient (Wildman–Crippen LogP) is 3.18. The van der Waals surface area contributed by atoms with Gasteiger partial charge in [-0.3, -0.25) is 0 Å². The zero-order valence-electron chi connectivity index (χ0n) is 12.7. The van der Waals surface area contributed by atoms with Gasteiger partial charge in [0.05, 0.1) is 0 Å². The quantitative estimate of drug-likeness (QED) is 0.793. The Hall–Kier alpha value is -0.970. The van der Waals surface area contributed by atoms with Gasteiger partial charge in [0.25, 0.3) is 0 Å². The molecular weight excluding hydrogens is 256 g/mol. The van der Waals surface area contributed by atoms with Crippen LogP contribution in [0.4, 0.5) is 11.8 Å². The number of anilines is 2. The van der Waals surface area contributed by atoms with E-state index in [1.807, 2.05) is 18.7 Å². The lowest BCUT2D eigenvalue weighted by Gasteiger charge is -2.28. The number of thioether (sulfide) groups is 1. The number of rotatable bonds is 8. The van der Waals surface area contributed by atoms with Crippen LogP contribution >= 0.6 is 11.8 Å². The molecule has 0 fully saturated rings. The van der Waals surface area contributed by atoms with E-state index >= 15 is 0 Å². The highest BCUT2D eigenvalue weighted by atomic mass is 32.2. The second kappa shape index (κ2) is 8.25. The minimum Gasteiger partial charge on any atom is -0.356 e. The summed E-state index contributed by atoms with van der Waals surface area (Å²) in [4.78, 5) is 11.3. The molecule has 0 spiro atoms. The van der Waals surface area contributed by atoms with Crippen molar-refractivity contribution in [3.63, 3.8) is 0 Å². The highest BCUT2D eigenvalue weighted by Crippen LogP contribution is 2.19. The van der Waals surface area contributed by atoms with Gasteiger partial charge in [0.2, 0.25) is 5.95 Å². The fourth-order valence-electron chi connectivity index (χ4n) is 1.93. The van der Waals surface area contributed by atoms with E-state index in [0.29, 0.717) is 6.04 Å². The Labute approximate surface area is 121 Å². The van der Waals surface area contributed by atoms with Crippen molar-refractivity contribution in [2.24, 2.45) is 0 Å². The van der Waals surface area contributed by atoms with Crippen molar-refractivity contribution in [1.29, 1.82) is 0 Å². The first-order valence-corrected chi connectivity index (χ1v) is 8.33. The minimum absolute atomic E-state index is 0.517. The molecule has 4 nitrogen and oxygen atoms in total. The van der Waals surface area contributed by atoms with Crippen molar-refractivity contribution < 1.29 is 0 Å². The molecule has 0 aliphatic rings.